The number of aromatic nitrogens is 5. The molecule has 1 saturated heterocycles. The van der Waals surface area contributed by atoms with Gasteiger partial charge >= 0.3 is 11.9 Å². The van der Waals surface area contributed by atoms with Crippen molar-refractivity contribution >= 4 is 58.8 Å². The van der Waals surface area contributed by atoms with E-state index in [9.17, 15) is 24.3 Å². The average Bonchev–Trinajstić information content (AvgIpc) is 3.29. The van der Waals surface area contributed by atoms with Crippen LogP contribution in [0.5, 0.6) is 0 Å². The maximum absolute atomic E-state index is 13.0. The molecule has 4 heterocycles. The number of amides is 2. The van der Waals surface area contributed by atoms with E-state index in [4.69, 9.17) is 15.7 Å². The maximum Gasteiger partial charge on any atom is 0.352 e. The molecular weight excluding hydrogens is 530 g/mol. The number of aliphatic carboxylic acids is 2. The molecule has 16 nitrogen and oxygen atoms in total. The minimum Gasteiger partial charge on any atom is -0.480 e. The van der Waals surface area contributed by atoms with Gasteiger partial charge in [0.15, 0.2) is 5.71 Å². The van der Waals surface area contributed by atoms with Gasteiger partial charge in [-0.1, -0.05) is 23.0 Å². The fourth-order valence-electron chi connectivity index (χ4n) is 3.56. The van der Waals surface area contributed by atoms with E-state index in [0.29, 0.717) is 5.57 Å². The van der Waals surface area contributed by atoms with Crippen LogP contribution >= 0.6 is 23.5 Å². The number of anilines is 1. The van der Waals surface area contributed by atoms with E-state index in [1.165, 1.54) is 31.0 Å². The number of oxime groups is 1. The molecule has 5 N–H and O–H groups in total. The van der Waals surface area contributed by atoms with Crippen molar-refractivity contribution in [3.05, 3.63) is 35.2 Å². The van der Waals surface area contributed by atoms with E-state index in [1.54, 1.807) is 6.07 Å². The van der Waals surface area contributed by atoms with Crippen LogP contribution in [0.25, 0.3) is 0 Å². The number of nitrogens with zero attached hydrogens (tertiary/aromatic N) is 7. The summed E-state index contributed by atoms with van der Waals surface area (Å²) in [5.74, 6) is -3.31. The zero-order valence-corrected chi connectivity index (χ0v) is 20.6. The van der Waals surface area contributed by atoms with E-state index < -0.39 is 41.7 Å². The Balaban J connectivity index is 1.49. The fraction of sp³-hybridized carbons (Fsp3) is 0.316. The summed E-state index contributed by atoms with van der Waals surface area (Å²) >= 11 is 2.31. The van der Waals surface area contributed by atoms with Gasteiger partial charge in [0, 0.05) is 11.5 Å². The topological polar surface area (TPSA) is 228 Å². The molecule has 18 heteroatoms. The Hall–Kier alpha value is -4.19. The number of fused-ring (bicyclic) bond motifs is 1. The molecule has 194 valence electrons. The molecule has 2 amide bonds. The quantitative estimate of drug-likeness (QED) is 0.116. The Labute approximate surface area is 216 Å². The SMILES string of the molecule is CO/N=C(\C(=O)NC1C(=O)N2C(C(=O)O)=C(CSc3nnnn3CC(=O)O)CS[C@H]12)c1cccc(N)n1. The van der Waals surface area contributed by atoms with E-state index in [2.05, 4.69) is 31.0 Å². The lowest BCUT2D eigenvalue weighted by molar-refractivity contribution is -0.150. The summed E-state index contributed by atoms with van der Waals surface area (Å²) in [5.41, 5.74) is 5.83. The van der Waals surface area contributed by atoms with Gasteiger partial charge in [-0.25, -0.2) is 14.5 Å². The normalized spacial score (nSPS) is 19.2. The van der Waals surface area contributed by atoms with Crippen molar-refractivity contribution in [1.82, 2.24) is 35.4 Å². The highest BCUT2D eigenvalue weighted by atomic mass is 32.2. The number of hydrogen-bond acceptors (Lipinski definition) is 13. The molecule has 0 aromatic carbocycles. The number of nitrogen functional groups attached to an aromatic ring is 1. The summed E-state index contributed by atoms with van der Waals surface area (Å²) in [6.07, 6.45) is 0. The highest BCUT2D eigenvalue weighted by Crippen LogP contribution is 2.41. The van der Waals surface area contributed by atoms with Crippen molar-refractivity contribution in [3.8, 4) is 0 Å². The molecule has 0 bridgehead atoms. The number of carbonyl (C=O) groups excluding carboxylic acids is 2. The van der Waals surface area contributed by atoms with Gasteiger partial charge in [0.2, 0.25) is 5.16 Å². The van der Waals surface area contributed by atoms with Gasteiger partial charge in [-0.15, -0.1) is 16.9 Å². The molecule has 2 aromatic rings. The Morgan fingerprint density at radius 2 is 2.14 bits per heavy atom. The first-order chi connectivity index (χ1) is 17.7. The Morgan fingerprint density at radius 1 is 1.35 bits per heavy atom. The van der Waals surface area contributed by atoms with Gasteiger partial charge < -0.3 is 26.1 Å². The second-order valence-corrected chi connectivity index (χ2v) is 9.54. The minimum atomic E-state index is -1.31. The maximum atomic E-state index is 13.0. The fourth-order valence-corrected chi connectivity index (χ4v) is 5.92. The average molecular weight is 550 g/mol. The van der Waals surface area contributed by atoms with Crippen LogP contribution in [-0.4, -0.2) is 99.8 Å². The molecule has 2 aromatic heterocycles. The van der Waals surface area contributed by atoms with Gasteiger partial charge in [-0.3, -0.25) is 19.3 Å². The standard InChI is InChI=1S/C19H19N9O7S2/c1-35-24-12(9-3-2-4-10(20)21-9)15(31)22-13-16(32)28-14(18(33)34)8(6-36-17(13)28)7-37-19-23-25-26-27(19)5-11(29)30/h2-4,13,17H,5-7H2,1H3,(H2,20,21)(H,22,31)(H,29,30)(H,33,34)/b24-12-/t13?,17-/m1/s1. The number of hydrogen-bond donors (Lipinski definition) is 4. The molecule has 1 fully saturated rings. The van der Waals surface area contributed by atoms with Crippen LogP contribution in [0.15, 0.2) is 39.8 Å². The number of β-lactam (4-membered cyclic amide) rings is 1. The van der Waals surface area contributed by atoms with Gasteiger partial charge in [0.05, 0.1) is 0 Å². The first-order valence-electron chi connectivity index (χ1n) is 10.4. The van der Waals surface area contributed by atoms with Crippen LogP contribution in [0.1, 0.15) is 5.69 Å². The third-order valence-corrected chi connectivity index (χ3v) is 7.49. The third kappa shape index (κ3) is 5.33. The summed E-state index contributed by atoms with van der Waals surface area (Å²) in [6, 6.07) is 3.60. The molecule has 2 aliphatic rings. The van der Waals surface area contributed by atoms with Crippen LogP contribution in [0.4, 0.5) is 5.82 Å². The van der Waals surface area contributed by atoms with E-state index in [1.807, 2.05) is 0 Å². The van der Waals surface area contributed by atoms with Crippen LogP contribution in [0.2, 0.25) is 0 Å². The number of pyridine rings is 1. The number of nitrogens with one attached hydrogen (secondary N) is 1. The van der Waals surface area contributed by atoms with Crippen molar-refractivity contribution in [2.24, 2.45) is 5.16 Å². The molecule has 0 aliphatic carbocycles. The Morgan fingerprint density at radius 3 is 2.81 bits per heavy atom. The highest BCUT2D eigenvalue weighted by Gasteiger charge is 2.54. The molecule has 2 atom stereocenters. The molecule has 37 heavy (non-hydrogen) atoms. The van der Waals surface area contributed by atoms with Crippen molar-refractivity contribution in [2.75, 3.05) is 24.3 Å². The smallest absolute Gasteiger partial charge is 0.352 e. The van der Waals surface area contributed by atoms with Crippen LogP contribution in [0, 0.1) is 0 Å². The largest absolute Gasteiger partial charge is 0.480 e. The number of carboxylic acid groups (broad SMARTS) is 2. The highest BCUT2D eigenvalue weighted by molar-refractivity contribution is 8.01. The van der Waals surface area contributed by atoms with Gasteiger partial charge in [-0.2, -0.15) is 0 Å². The van der Waals surface area contributed by atoms with Crippen molar-refractivity contribution < 1.29 is 34.2 Å². The summed E-state index contributed by atoms with van der Waals surface area (Å²) in [5, 5.41) is 35.4. The molecule has 0 spiro atoms. The summed E-state index contributed by atoms with van der Waals surface area (Å²) in [7, 11) is 1.25. The van der Waals surface area contributed by atoms with Gasteiger partial charge in [0.25, 0.3) is 11.8 Å². The molecule has 0 saturated carbocycles. The third-order valence-electron chi connectivity index (χ3n) is 5.11. The minimum absolute atomic E-state index is 0.105. The van der Waals surface area contributed by atoms with Crippen molar-refractivity contribution in [1.29, 1.82) is 0 Å². The number of nitrogens with two attached hydrogens (primary N) is 1. The number of carboxylic acids is 2. The second kappa shape index (κ2) is 10.8. The van der Waals surface area contributed by atoms with Crippen LogP contribution < -0.4 is 11.1 Å². The number of carbonyl (C=O) groups is 4. The predicted molar refractivity (Wildman–Crippen MR) is 128 cm³/mol. The summed E-state index contributed by atoms with van der Waals surface area (Å²) in [6.45, 7) is -0.456. The number of tetrazole rings is 1. The molecule has 0 radical (unpaired) electrons. The number of rotatable bonds is 10. The first kappa shape index (κ1) is 25.9. The molecule has 1 unspecified atom stereocenters. The van der Waals surface area contributed by atoms with Crippen LogP contribution in [-0.2, 0) is 30.6 Å². The lowest BCUT2D eigenvalue weighted by Crippen LogP contribution is -2.71. The van der Waals surface area contributed by atoms with Crippen molar-refractivity contribution in [2.45, 2.75) is 23.1 Å². The van der Waals surface area contributed by atoms with Crippen LogP contribution in [0.3, 0.4) is 0 Å². The van der Waals surface area contributed by atoms with Gasteiger partial charge in [-0.05, 0) is 28.1 Å². The second-order valence-electron chi connectivity index (χ2n) is 7.49. The predicted octanol–water partition coefficient (Wildman–Crippen LogP) is -1.38. The zero-order valence-electron chi connectivity index (χ0n) is 19.0. The monoisotopic (exact) mass is 549 g/mol. The Bertz CT molecular complexity index is 1330. The zero-order chi connectivity index (χ0) is 26.7. The summed E-state index contributed by atoms with van der Waals surface area (Å²) in [4.78, 5) is 58.8. The molecule has 4 rings (SSSR count). The number of thioether (sulfide) groups is 2. The molecular formula is C19H19N9O7S2. The molecule has 2 aliphatic heterocycles. The summed E-state index contributed by atoms with van der Waals surface area (Å²) < 4.78 is 1.07. The van der Waals surface area contributed by atoms with Gasteiger partial charge in [0.1, 0.15) is 42.3 Å². The van der Waals surface area contributed by atoms with Crippen molar-refractivity contribution in [3.63, 3.8) is 0 Å². The lowest BCUT2D eigenvalue weighted by Gasteiger charge is -2.49. The van der Waals surface area contributed by atoms with E-state index >= 15 is 0 Å². The van der Waals surface area contributed by atoms with E-state index in [0.717, 1.165) is 21.3 Å². The van der Waals surface area contributed by atoms with E-state index in [-0.39, 0.29) is 39.6 Å². The Kier molecular flexibility index (Phi) is 7.58. The first-order valence-corrected chi connectivity index (χ1v) is 12.4. The lowest BCUT2D eigenvalue weighted by atomic mass is 10.0.